The molecule has 3 nitrogen and oxygen atoms in total. The van der Waals surface area contributed by atoms with E-state index in [0.717, 1.165) is 16.3 Å². The Labute approximate surface area is 163 Å². The van der Waals surface area contributed by atoms with Gasteiger partial charge in [-0.2, -0.15) is 0 Å². The van der Waals surface area contributed by atoms with Crippen molar-refractivity contribution < 1.29 is 4.79 Å². The fourth-order valence-corrected chi connectivity index (χ4v) is 5.09. The number of hydrogen-bond acceptors (Lipinski definition) is 4. The standard InChI is InChI=1S/C21H24N2OS2/c1-15(2)20(25-14-16-9-5-4-6-10-16)21(24)23(3)13-19-22-17-11-7-8-12-18(17)26-19/h4-12,15,20H,13-14H2,1-3H3. The summed E-state index contributed by atoms with van der Waals surface area (Å²) in [5, 5.41) is 0.937. The van der Waals surface area contributed by atoms with Crippen LogP contribution in [0.25, 0.3) is 10.2 Å². The lowest BCUT2D eigenvalue weighted by Crippen LogP contribution is -2.37. The number of rotatable bonds is 7. The second kappa shape index (κ2) is 8.69. The van der Waals surface area contributed by atoms with E-state index in [2.05, 4.69) is 37.0 Å². The van der Waals surface area contributed by atoms with Gasteiger partial charge in [-0.15, -0.1) is 23.1 Å². The van der Waals surface area contributed by atoms with Crippen LogP contribution in [0.1, 0.15) is 24.4 Å². The molecule has 2 aromatic carbocycles. The molecule has 0 fully saturated rings. The summed E-state index contributed by atoms with van der Waals surface area (Å²) in [6.45, 7) is 4.80. The number of thioether (sulfide) groups is 1. The van der Waals surface area contributed by atoms with Crippen LogP contribution < -0.4 is 0 Å². The zero-order chi connectivity index (χ0) is 18.5. The molecule has 0 saturated carbocycles. The van der Waals surface area contributed by atoms with Crippen LogP contribution in [0.15, 0.2) is 54.6 Å². The average molecular weight is 385 g/mol. The van der Waals surface area contributed by atoms with Crippen molar-refractivity contribution in [3.05, 3.63) is 65.2 Å². The van der Waals surface area contributed by atoms with E-state index in [9.17, 15) is 4.79 Å². The molecule has 0 spiro atoms. The van der Waals surface area contributed by atoms with E-state index in [1.807, 2.05) is 48.3 Å². The number of benzene rings is 2. The molecule has 26 heavy (non-hydrogen) atoms. The summed E-state index contributed by atoms with van der Waals surface area (Å²) in [5.74, 6) is 1.32. The van der Waals surface area contributed by atoms with Gasteiger partial charge in [0.1, 0.15) is 5.01 Å². The molecule has 1 heterocycles. The molecular weight excluding hydrogens is 360 g/mol. The molecule has 1 atom stereocenters. The van der Waals surface area contributed by atoms with Gasteiger partial charge in [0.15, 0.2) is 0 Å². The zero-order valence-electron chi connectivity index (χ0n) is 15.4. The molecule has 0 aliphatic carbocycles. The Hall–Kier alpha value is -1.85. The van der Waals surface area contributed by atoms with Crippen LogP contribution in [0.2, 0.25) is 0 Å². The van der Waals surface area contributed by atoms with Crippen molar-refractivity contribution in [3.8, 4) is 0 Å². The highest BCUT2D eigenvalue weighted by Gasteiger charge is 2.26. The average Bonchev–Trinajstić information content (AvgIpc) is 3.04. The Kier molecular flexibility index (Phi) is 6.33. The van der Waals surface area contributed by atoms with Gasteiger partial charge in [0.25, 0.3) is 0 Å². The molecule has 5 heteroatoms. The van der Waals surface area contributed by atoms with Crippen LogP contribution in [0.3, 0.4) is 0 Å². The Bertz CT molecular complexity index is 828. The summed E-state index contributed by atoms with van der Waals surface area (Å²) in [6, 6.07) is 18.4. The summed E-state index contributed by atoms with van der Waals surface area (Å²) in [5.41, 5.74) is 2.26. The molecule has 0 radical (unpaired) electrons. The van der Waals surface area contributed by atoms with Crippen LogP contribution in [-0.4, -0.2) is 28.1 Å². The lowest BCUT2D eigenvalue weighted by molar-refractivity contribution is -0.130. The number of thiazole rings is 1. The van der Waals surface area contributed by atoms with Gasteiger partial charge in [0.05, 0.1) is 22.0 Å². The largest absolute Gasteiger partial charge is 0.338 e. The summed E-state index contributed by atoms with van der Waals surface area (Å²) < 4.78 is 1.17. The first-order valence-corrected chi connectivity index (χ1v) is 10.7. The minimum atomic E-state index is -0.0467. The molecule has 0 aliphatic heterocycles. The van der Waals surface area contributed by atoms with Crippen molar-refractivity contribution in [1.82, 2.24) is 9.88 Å². The number of aromatic nitrogens is 1. The van der Waals surface area contributed by atoms with Crippen LogP contribution in [-0.2, 0) is 17.1 Å². The molecule has 1 amide bonds. The van der Waals surface area contributed by atoms with Gasteiger partial charge in [-0.1, -0.05) is 56.3 Å². The maximum atomic E-state index is 13.0. The summed E-state index contributed by atoms with van der Waals surface area (Å²) in [7, 11) is 1.88. The molecule has 3 aromatic rings. The lowest BCUT2D eigenvalue weighted by atomic mass is 10.1. The first-order valence-electron chi connectivity index (χ1n) is 8.79. The van der Waals surface area contributed by atoms with E-state index < -0.39 is 0 Å². The number of fused-ring (bicyclic) bond motifs is 1. The van der Waals surface area contributed by atoms with Crippen LogP contribution in [0.4, 0.5) is 0 Å². The van der Waals surface area contributed by atoms with Crippen molar-refractivity contribution in [2.75, 3.05) is 7.05 Å². The number of hydrogen-bond donors (Lipinski definition) is 0. The number of carbonyl (C=O) groups excluding carboxylic acids is 1. The van der Waals surface area contributed by atoms with Crippen LogP contribution in [0, 0.1) is 5.92 Å². The first-order chi connectivity index (χ1) is 12.5. The monoisotopic (exact) mass is 384 g/mol. The van der Waals surface area contributed by atoms with Gasteiger partial charge in [0.2, 0.25) is 5.91 Å². The predicted octanol–water partition coefficient (Wildman–Crippen LogP) is 5.21. The van der Waals surface area contributed by atoms with E-state index in [-0.39, 0.29) is 17.1 Å². The molecule has 0 bridgehead atoms. The van der Waals surface area contributed by atoms with Crippen LogP contribution >= 0.6 is 23.1 Å². The Morgan fingerprint density at radius 1 is 1.12 bits per heavy atom. The Morgan fingerprint density at radius 3 is 2.50 bits per heavy atom. The quantitative estimate of drug-likeness (QED) is 0.560. The van der Waals surface area contributed by atoms with E-state index in [4.69, 9.17) is 0 Å². The van der Waals surface area contributed by atoms with Gasteiger partial charge in [-0.05, 0) is 23.6 Å². The fourth-order valence-electron chi connectivity index (χ4n) is 2.79. The van der Waals surface area contributed by atoms with E-state index in [1.54, 1.807) is 23.1 Å². The van der Waals surface area contributed by atoms with Crippen molar-refractivity contribution in [1.29, 1.82) is 0 Å². The summed E-state index contributed by atoms with van der Waals surface area (Å²) >= 11 is 3.39. The molecule has 3 rings (SSSR count). The highest BCUT2D eigenvalue weighted by molar-refractivity contribution is 7.99. The third kappa shape index (κ3) is 4.65. The lowest BCUT2D eigenvalue weighted by Gasteiger charge is -2.25. The number of nitrogens with zero attached hydrogens (tertiary/aromatic N) is 2. The highest BCUT2D eigenvalue weighted by atomic mass is 32.2. The normalized spacial score (nSPS) is 12.5. The molecule has 0 N–H and O–H groups in total. The van der Waals surface area contributed by atoms with Gasteiger partial charge in [0, 0.05) is 12.8 Å². The SMILES string of the molecule is CC(C)C(SCc1ccccc1)C(=O)N(C)Cc1nc2ccccc2s1. The van der Waals surface area contributed by atoms with E-state index >= 15 is 0 Å². The van der Waals surface area contributed by atoms with Gasteiger partial charge in [-0.25, -0.2) is 4.98 Å². The third-order valence-corrected chi connectivity index (χ3v) is 6.83. The maximum Gasteiger partial charge on any atom is 0.236 e. The first kappa shape index (κ1) is 18.9. The zero-order valence-corrected chi connectivity index (χ0v) is 17.0. The van der Waals surface area contributed by atoms with Crippen molar-refractivity contribution in [2.45, 2.75) is 31.4 Å². The van der Waals surface area contributed by atoms with Crippen molar-refractivity contribution in [2.24, 2.45) is 5.92 Å². The summed E-state index contributed by atoms with van der Waals surface area (Å²) in [6.07, 6.45) is 0. The Morgan fingerprint density at radius 2 is 1.81 bits per heavy atom. The minimum Gasteiger partial charge on any atom is -0.338 e. The van der Waals surface area contributed by atoms with Crippen LogP contribution in [0.5, 0.6) is 0 Å². The smallest absolute Gasteiger partial charge is 0.236 e. The Balaban J connectivity index is 1.65. The third-order valence-electron chi connectivity index (χ3n) is 4.21. The highest BCUT2D eigenvalue weighted by Crippen LogP contribution is 2.27. The van der Waals surface area contributed by atoms with Crippen molar-refractivity contribution >= 4 is 39.2 Å². The number of carbonyl (C=O) groups is 1. The van der Waals surface area contributed by atoms with Crippen molar-refractivity contribution in [3.63, 3.8) is 0 Å². The molecular formula is C21H24N2OS2. The second-order valence-corrected chi connectivity index (χ2v) is 8.98. The molecule has 1 unspecified atom stereocenters. The molecule has 0 saturated heterocycles. The number of para-hydroxylation sites is 1. The van der Waals surface area contributed by atoms with Gasteiger partial charge < -0.3 is 4.90 Å². The molecule has 1 aromatic heterocycles. The summed E-state index contributed by atoms with van der Waals surface area (Å²) in [4.78, 5) is 19.5. The maximum absolute atomic E-state index is 13.0. The second-order valence-electron chi connectivity index (χ2n) is 6.73. The minimum absolute atomic E-state index is 0.0467. The van der Waals surface area contributed by atoms with Gasteiger partial charge >= 0.3 is 0 Å². The number of amides is 1. The van der Waals surface area contributed by atoms with Gasteiger partial charge in [-0.3, -0.25) is 4.79 Å². The fraction of sp³-hybridized carbons (Fsp3) is 0.333. The van der Waals surface area contributed by atoms with E-state index in [0.29, 0.717) is 6.54 Å². The topological polar surface area (TPSA) is 33.2 Å². The van der Waals surface area contributed by atoms with E-state index in [1.165, 1.54) is 10.3 Å². The predicted molar refractivity (Wildman–Crippen MR) is 112 cm³/mol. The molecule has 136 valence electrons. The molecule has 0 aliphatic rings.